The molecule has 1 aliphatic carbocycles. The Kier molecular flexibility index (Phi) is 4.97. The largest absolute Gasteiger partial charge is 0.478 e. The first-order chi connectivity index (χ1) is 11.9. The van der Waals surface area contributed by atoms with Gasteiger partial charge in [-0.15, -0.1) is 0 Å². The molecule has 0 bridgehead atoms. The second kappa shape index (κ2) is 7.02. The van der Waals surface area contributed by atoms with Gasteiger partial charge in [-0.05, 0) is 48.8 Å². The minimum Gasteiger partial charge on any atom is -0.478 e. The molecule has 1 saturated heterocycles. The van der Waals surface area contributed by atoms with E-state index in [1.165, 1.54) is 0 Å². The van der Waals surface area contributed by atoms with Crippen LogP contribution in [0.3, 0.4) is 0 Å². The Hall–Kier alpha value is -2.11. The summed E-state index contributed by atoms with van der Waals surface area (Å²) in [6.07, 6.45) is 10.2. The van der Waals surface area contributed by atoms with Gasteiger partial charge in [0, 0.05) is 11.5 Å². The molecule has 25 heavy (non-hydrogen) atoms. The number of hydrogen-bond acceptors (Lipinski definition) is 4. The van der Waals surface area contributed by atoms with Crippen molar-refractivity contribution in [3.8, 4) is 0 Å². The van der Waals surface area contributed by atoms with Gasteiger partial charge in [0.1, 0.15) is 0 Å². The molecule has 1 aromatic rings. The Bertz CT molecular complexity index is 700. The smallest absolute Gasteiger partial charge is 0.335 e. The van der Waals surface area contributed by atoms with Gasteiger partial charge in [-0.25, -0.2) is 4.79 Å². The van der Waals surface area contributed by atoms with Crippen LogP contribution in [0.1, 0.15) is 44.3 Å². The molecule has 1 fully saturated rings. The quantitative estimate of drug-likeness (QED) is 0.848. The van der Waals surface area contributed by atoms with Gasteiger partial charge in [-0.2, -0.15) is 0 Å². The molecule has 5 heteroatoms. The number of carbonyl (C=O) groups is 1. The van der Waals surface area contributed by atoms with Crippen molar-refractivity contribution in [3.63, 3.8) is 0 Å². The number of ether oxygens (including phenoxy) is 1. The SMILES string of the molecule is C=C1CC[C@H]2[C@@H](O)O[C@H](c3ccoc3)C[C@]2(C)C/C=C\C=C/1C(=O)O. The van der Waals surface area contributed by atoms with E-state index < -0.39 is 12.3 Å². The molecule has 0 spiro atoms. The number of hydrogen-bond donors (Lipinski definition) is 2. The minimum absolute atomic E-state index is 0.0924. The van der Waals surface area contributed by atoms with Crippen molar-refractivity contribution in [1.29, 1.82) is 0 Å². The van der Waals surface area contributed by atoms with Gasteiger partial charge < -0.3 is 19.4 Å². The first-order valence-corrected chi connectivity index (χ1v) is 8.54. The number of carboxylic acids is 1. The number of fused-ring (bicyclic) bond motifs is 1. The number of carboxylic acid groups (broad SMARTS) is 1. The summed E-state index contributed by atoms with van der Waals surface area (Å²) < 4.78 is 11.0. The summed E-state index contributed by atoms with van der Waals surface area (Å²) in [5, 5.41) is 20.0. The van der Waals surface area contributed by atoms with Crippen molar-refractivity contribution in [1.82, 2.24) is 0 Å². The fourth-order valence-corrected chi connectivity index (χ4v) is 3.92. The Morgan fingerprint density at radius 1 is 1.44 bits per heavy atom. The molecule has 4 atom stereocenters. The molecule has 0 amide bonds. The standard InChI is InChI=1S/C20H24O5/c1-13-6-7-16-19(23)25-17(14-8-10-24-12-14)11-20(16,2)9-4-3-5-15(13)18(21)22/h3-5,8,10,12,16-17,19,23H,1,6-7,9,11H2,2H3,(H,21,22)/b4-3-,15-5+/t16-,17-,19-,20-/m0/s1. The average Bonchev–Trinajstić information content (AvgIpc) is 3.07. The summed E-state index contributed by atoms with van der Waals surface area (Å²) in [6.45, 7) is 6.07. The number of furan rings is 1. The molecule has 0 saturated carbocycles. The van der Waals surface area contributed by atoms with E-state index in [1.54, 1.807) is 24.7 Å². The van der Waals surface area contributed by atoms with Gasteiger partial charge in [-0.3, -0.25) is 0 Å². The van der Waals surface area contributed by atoms with E-state index in [1.807, 2.05) is 12.1 Å². The van der Waals surface area contributed by atoms with E-state index in [-0.39, 0.29) is 23.0 Å². The van der Waals surface area contributed by atoms with Crippen molar-refractivity contribution >= 4 is 5.97 Å². The van der Waals surface area contributed by atoms with E-state index in [4.69, 9.17) is 9.15 Å². The molecule has 1 aliphatic heterocycles. The average molecular weight is 344 g/mol. The normalized spacial score (nSPS) is 36.8. The minimum atomic E-state index is -0.974. The van der Waals surface area contributed by atoms with Crippen molar-refractivity contribution < 1.29 is 24.2 Å². The maximum atomic E-state index is 11.4. The zero-order chi connectivity index (χ0) is 18.0. The molecule has 134 valence electrons. The molecule has 5 nitrogen and oxygen atoms in total. The van der Waals surface area contributed by atoms with Crippen molar-refractivity contribution in [2.75, 3.05) is 0 Å². The molecule has 1 aromatic heterocycles. The van der Waals surface area contributed by atoms with Crippen LogP contribution in [-0.4, -0.2) is 22.5 Å². The molecule has 3 rings (SSSR count). The van der Waals surface area contributed by atoms with E-state index >= 15 is 0 Å². The highest BCUT2D eigenvalue weighted by molar-refractivity contribution is 5.91. The maximum Gasteiger partial charge on any atom is 0.335 e. The summed E-state index contributed by atoms with van der Waals surface area (Å²) in [5.41, 5.74) is 1.57. The van der Waals surface area contributed by atoms with Gasteiger partial charge in [-0.1, -0.05) is 25.7 Å². The predicted octanol–water partition coefficient (Wildman–Crippen LogP) is 3.99. The molecule has 2 heterocycles. The van der Waals surface area contributed by atoms with Gasteiger partial charge in [0.2, 0.25) is 0 Å². The van der Waals surface area contributed by atoms with Gasteiger partial charge in [0.05, 0.1) is 24.2 Å². The molecule has 2 aliphatic rings. The van der Waals surface area contributed by atoms with E-state index in [9.17, 15) is 15.0 Å². The Morgan fingerprint density at radius 3 is 2.92 bits per heavy atom. The third-order valence-corrected chi connectivity index (χ3v) is 5.46. The highest BCUT2D eigenvalue weighted by atomic mass is 16.6. The van der Waals surface area contributed by atoms with Gasteiger partial charge in [0.25, 0.3) is 0 Å². The monoisotopic (exact) mass is 344 g/mol. The fourth-order valence-electron chi connectivity index (χ4n) is 3.92. The van der Waals surface area contributed by atoms with Crippen molar-refractivity contribution in [2.24, 2.45) is 11.3 Å². The topological polar surface area (TPSA) is 79.9 Å². The molecule has 2 N–H and O–H groups in total. The summed E-state index contributed by atoms with van der Waals surface area (Å²) in [5.74, 6) is -1.07. The van der Waals surface area contributed by atoms with Crippen LogP contribution < -0.4 is 0 Å². The zero-order valence-corrected chi connectivity index (χ0v) is 14.4. The molecule has 0 unspecified atom stereocenters. The van der Waals surface area contributed by atoms with E-state index in [2.05, 4.69) is 13.5 Å². The Morgan fingerprint density at radius 2 is 2.24 bits per heavy atom. The van der Waals surface area contributed by atoms with Crippen LogP contribution in [0.2, 0.25) is 0 Å². The van der Waals surface area contributed by atoms with E-state index in [0.717, 1.165) is 18.4 Å². The Balaban J connectivity index is 1.88. The van der Waals surface area contributed by atoms with Gasteiger partial charge in [0.15, 0.2) is 6.29 Å². The van der Waals surface area contributed by atoms with Crippen molar-refractivity contribution in [3.05, 3.63) is 60.1 Å². The summed E-state index contributed by atoms with van der Waals surface area (Å²) in [6, 6.07) is 1.86. The third kappa shape index (κ3) is 3.62. The van der Waals surface area contributed by atoms with Crippen LogP contribution in [0.5, 0.6) is 0 Å². The fraction of sp³-hybridized carbons (Fsp3) is 0.450. The van der Waals surface area contributed by atoms with Crippen LogP contribution in [0.25, 0.3) is 0 Å². The number of aliphatic hydroxyl groups is 1. The van der Waals surface area contributed by atoms with Crippen molar-refractivity contribution in [2.45, 2.75) is 45.0 Å². The summed E-state index contributed by atoms with van der Waals surface area (Å²) in [4.78, 5) is 11.4. The maximum absolute atomic E-state index is 11.4. The first kappa shape index (κ1) is 17.7. The number of aliphatic hydroxyl groups excluding tert-OH is 1. The molecule has 0 aromatic carbocycles. The van der Waals surface area contributed by atoms with Crippen LogP contribution >= 0.6 is 0 Å². The summed E-state index contributed by atoms with van der Waals surface area (Å²) in [7, 11) is 0. The Labute approximate surface area is 147 Å². The lowest BCUT2D eigenvalue weighted by Gasteiger charge is -2.47. The van der Waals surface area contributed by atoms with Crippen LogP contribution in [0.15, 0.2) is 59.0 Å². The third-order valence-electron chi connectivity index (χ3n) is 5.46. The van der Waals surface area contributed by atoms with Crippen LogP contribution in [0.4, 0.5) is 0 Å². The highest BCUT2D eigenvalue weighted by Gasteiger charge is 2.46. The van der Waals surface area contributed by atoms with Crippen LogP contribution in [0, 0.1) is 11.3 Å². The van der Waals surface area contributed by atoms with Gasteiger partial charge >= 0.3 is 5.97 Å². The van der Waals surface area contributed by atoms with Crippen LogP contribution in [-0.2, 0) is 9.53 Å². The number of allylic oxidation sites excluding steroid dienone is 3. The second-order valence-electron chi connectivity index (χ2n) is 7.20. The number of rotatable bonds is 2. The molecular weight excluding hydrogens is 320 g/mol. The highest BCUT2D eigenvalue weighted by Crippen LogP contribution is 2.50. The lowest BCUT2D eigenvalue weighted by Crippen LogP contribution is -2.44. The predicted molar refractivity (Wildman–Crippen MR) is 92.6 cm³/mol. The summed E-state index contributed by atoms with van der Waals surface area (Å²) >= 11 is 0. The number of aliphatic carboxylic acids is 1. The second-order valence-corrected chi connectivity index (χ2v) is 7.20. The lowest BCUT2D eigenvalue weighted by molar-refractivity contribution is -0.236. The lowest BCUT2D eigenvalue weighted by atomic mass is 9.66. The first-order valence-electron chi connectivity index (χ1n) is 8.54. The van der Waals surface area contributed by atoms with E-state index in [0.29, 0.717) is 18.4 Å². The zero-order valence-electron chi connectivity index (χ0n) is 14.4. The molecule has 0 radical (unpaired) electrons. The molecular formula is C20H24O5.